The lowest BCUT2D eigenvalue weighted by Crippen LogP contribution is -2.45. The van der Waals surface area contributed by atoms with Crippen LogP contribution in [0.15, 0.2) is 42.5 Å². The Balaban J connectivity index is 2.24. The molecule has 0 bridgehead atoms. The van der Waals surface area contributed by atoms with Crippen molar-refractivity contribution in [2.45, 2.75) is 24.9 Å². The number of amides is 1. The minimum atomic E-state index is -1.13. The van der Waals surface area contributed by atoms with Crippen LogP contribution in [0.1, 0.15) is 12.0 Å². The average molecular weight is 275 g/mol. The van der Waals surface area contributed by atoms with Gasteiger partial charge in [0.2, 0.25) is 0 Å². The van der Waals surface area contributed by atoms with Crippen LogP contribution in [0, 0.1) is 0 Å². The summed E-state index contributed by atoms with van der Waals surface area (Å²) >= 11 is 0. The third-order valence-corrected chi connectivity index (χ3v) is 3.56. The van der Waals surface area contributed by atoms with E-state index < -0.39 is 18.1 Å². The van der Waals surface area contributed by atoms with Gasteiger partial charge in [0, 0.05) is 6.42 Å². The molecule has 1 amide bonds. The maximum atomic E-state index is 11.7. The number of carbonyl (C=O) groups is 2. The number of benzene rings is 1. The Morgan fingerprint density at radius 2 is 2.05 bits per heavy atom. The Morgan fingerprint density at radius 3 is 2.60 bits per heavy atom. The third-order valence-electron chi connectivity index (χ3n) is 3.56. The normalized spacial score (nSPS) is 21.9. The first-order chi connectivity index (χ1) is 9.54. The number of methoxy groups -OCH3 is 1. The van der Waals surface area contributed by atoms with E-state index in [-0.39, 0.29) is 6.04 Å². The van der Waals surface area contributed by atoms with Crippen LogP contribution >= 0.6 is 0 Å². The Bertz CT molecular complexity index is 526. The Morgan fingerprint density at radius 1 is 1.40 bits per heavy atom. The number of carboxylic acid groups (broad SMARTS) is 1. The van der Waals surface area contributed by atoms with E-state index in [1.165, 1.54) is 7.11 Å². The molecule has 0 aromatic heterocycles. The SMILES string of the molecule is C=C1CC(C(=O)OC)N(C(=O)O)C1Cc1ccccc1. The fourth-order valence-electron chi connectivity index (χ4n) is 2.58. The van der Waals surface area contributed by atoms with Crippen LogP contribution in [-0.4, -0.2) is 41.3 Å². The summed E-state index contributed by atoms with van der Waals surface area (Å²) in [5, 5.41) is 9.37. The van der Waals surface area contributed by atoms with Crippen LogP contribution in [-0.2, 0) is 16.0 Å². The number of carbonyl (C=O) groups excluding carboxylic acids is 1. The van der Waals surface area contributed by atoms with Crippen LogP contribution in [0.3, 0.4) is 0 Å². The Hall–Kier alpha value is -2.30. The van der Waals surface area contributed by atoms with E-state index in [9.17, 15) is 14.7 Å². The fraction of sp³-hybridized carbons (Fsp3) is 0.333. The smallest absolute Gasteiger partial charge is 0.408 e. The lowest BCUT2D eigenvalue weighted by Gasteiger charge is -2.26. The molecule has 0 aliphatic carbocycles. The van der Waals surface area contributed by atoms with E-state index in [1.807, 2.05) is 30.3 Å². The molecule has 5 heteroatoms. The highest BCUT2D eigenvalue weighted by atomic mass is 16.5. The molecule has 1 aliphatic rings. The van der Waals surface area contributed by atoms with E-state index in [1.54, 1.807) is 0 Å². The number of nitrogens with zero attached hydrogens (tertiary/aromatic N) is 1. The van der Waals surface area contributed by atoms with Gasteiger partial charge in [-0.2, -0.15) is 0 Å². The first kappa shape index (κ1) is 14.1. The molecule has 1 heterocycles. The van der Waals surface area contributed by atoms with Crippen molar-refractivity contribution in [3.8, 4) is 0 Å². The van der Waals surface area contributed by atoms with Crippen molar-refractivity contribution < 1.29 is 19.4 Å². The van der Waals surface area contributed by atoms with Crippen LogP contribution < -0.4 is 0 Å². The quantitative estimate of drug-likeness (QED) is 0.677. The predicted octanol–water partition coefficient (Wildman–Crippen LogP) is 2.08. The zero-order chi connectivity index (χ0) is 14.7. The standard InChI is InChI=1S/C15H17NO4/c1-10-8-13(14(17)20-2)16(15(18)19)12(10)9-11-6-4-3-5-7-11/h3-7,12-13H,1,8-9H2,2H3,(H,18,19). The van der Waals surface area contributed by atoms with Gasteiger partial charge in [-0.25, -0.2) is 9.59 Å². The molecule has 1 fully saturated rings. The number of esters is 1. The molecule has 2 unspecified atom stereocenters. The second-order valence-electron chi connectivity index (χ2n) is 4.80. The summed E-state index contributed by atoms with van der Waals surface area (Å²) in [5.74, 6) is -0.538. The van der Waals surface area contributed by atoms with Crippen molar-refractivity contribution in [3.63, 3.8) is 0 Å². The molecule has 1 N–H and O–H groups in total. The van der Waals surface area contributed by atoms with Gasteiger partial charge in [0.05, 0.1) is 13.2 Å². The topological polar surface area (TPSA) is 66.8 Å². The van der Waals surface area contributed by atoms with Gasteiger partial charge in [0.15, 0.2) is 0 Å². The molecule has 2 atom stereocenters. The Kier molecular flexibility index (Phi) is 4.08. The number of hydrogen-bond donors (Lipinski definition) is 1. The van der Waals surface area contributed by atoms with Gasteiger partial charge < -0.3 is 9.84 Å². The zero-order valence-electron chi connectivity index (χ0n) is 11.3. The first-order valence-electron chi connectivity index (χ1n) is 6.35. The molecule has 1 saturated heterocycles. The number of rotatable bonds is 3. The molecule has 0 radical (unpaired) electrons. The molecule has 0 spiro atoms. The molecular formula is C15H17NO4. The molecule has 106 valence electrons. The molecule has 1 aromatic rings. The summed E-state index contributed by atoms with van der Waals surface area (Å²) in [6, 6.07) is 8.38. The minimum Gasteiger partial charge on any atom is -0.467 e. The van der Waals surface area contributed by atoms with Crippen molar-refractivity contribution in [2.75, 3.05) is 7.11 Å². The third kappa shape index (κ3) is 2.66. The van der Waals surface area contributed by atoms with Gasteiger partial charge in [-0.3, -0.25) is 4.90 Å². The van der Waals surface area contributed by atoms with E-state index in [2.05, 4.69) is 11.3 Å². The van der Waals surface area contributed by atoms with Gasteiger partial charge in [0.1, 0.15) is 6.04 Å². The van der Waals surface area contributed by atoms with Crippen molar-refractivity contribution in [3.05, 3.63) is 48.0 Å². The van der Waals surface area contributed by atoms with Crippen molar-refractivity contribution >= 4 is 12.1 Å². The molecular weight excluding hydrogens is 258 g/mol. The Labute approximate surface area is 117 Å². The molecule has 0 saturated carbocycles. The van der Waals surface area contributed by atoms with Crippen LogP contribution in [0.2, 0.25) is 0 Å². The van der Waals surface area contributed by atoms with E-state index >= 15 is 0 Å². The fourth-order valence-corrected chi connectivity index (χ4v) is 2.58. The second kappa shape index (κ2) is 5.77. The second-order valence-corrected chi connectivity index (χ2v) is 4.80. The molecule has 1 aliphatic heterocycles. The van der Waals surface area contributed by atoms with Gasteiger partial charge in [-0.15, -0.1) is 0 Å². The highest BCUT2D eigenvalue weighted by Gasteiger charge is 2.43. The van der Waals surface area contributed by atoms with Gasteiger partial charge >= 0.3 is 12.1 Å². The van der Waals surface area contributed by atoms with E-state index in [4.69, 9.17) is 0 Å². The van der Waals surface area contributed by atoms with Crippen molar-refractivity contribution in [1.29, 1.82) is 0 Å². The summed E-state index contributed by atoms with van der Waals surface area (Å²) in [6.07, 6.45) is -0.296. The van der Waals surface area contributed by atoms with Gasteiger partial charge in [0.25, 0.3) is 0 Å². The van der Waals surface area contributed by atoms with Crippen LogP contribution in [0.4, 0.5) is 4.79 Å². The monoisotopic (exact) mass is 275 g/mol. The first-order valence-corrected chi connectivity index (χ1v) is 6.35. The number of likely N-dealkylation sites (tertiary alicyclic amines) is 1. The van der Waals surface area contributed by atoms with Crippen molar-refractivity contribution in [1.82, 2.24) is 4.90 Å². The molecule has 1 aromatic carbocycles. The summed E-state index contributed by atoms with van der Waals surface area (Å²) in [5.41, 5.74) is 1.75. The summed E-state index contributed by atoms with van der Waals surface area (Å²) in [6.45, 7) is 3.92. The van der Waals surface area contributed by atoms with Gasteiger partial charge in [-0.05, 0) is 12.0 Å². The highest BCUT2D eigenvalue weighted by molar-refractivity contribution is 5.83. The summed E-state index contributed by atoms with van der Waals surface area (Å²) < 4.78 is 4.68. The summed E-state index contributed by atoms with van der Waals surface area (Å²) in [7, 11) is 1.26. The van der Waals surface area contributed by atoms with E-state index in [0.717, 1.165) is 16.0 Å². The maximum Gasteiger partial charge on any atom is 0.408 e. The van der Waals surface area contributed by atoms with E-state index in [0.29, 0.717) is 12.8 Å². The molecule has 2 rings (SSSR count). The van der Waals surface area contributed by atoms with Crippen LogP contribution in [0.5, 0.6) is 0 Å². The lowest BCUT2D eigenvalue weighted by atomic mass is 10.0. The molecule has 20 heavy (non-hydrogen) atoms. The van der Waals surface area contributed by atoms with Crippen LogP contribution in [0.25, 0.3) is 0 Å². The minimum absolute atomic E-state index is 0.316. The number of hydrogen-bond acceptors (Lipinski definition) is 3. The number of ether oxygens (including phenoxy) is 1. The predicted molar refractivity (Wildman–Crippen MR) is 73.4 cm³/mol. The largest absolute Gasteiger partial charge is 0.467 e. The maximum absolute atomic E-state index is 11.7. The zero-order valence-corrected chi connectivity index (χ0v) is 11.3. The van der Waals surface area contributed by atoms with Gasteiger partial charge in [-0.1, -0.05) is 42.5 Å². The summed E-state index contributed by atoms with van der Waals surface area (Å²) in [4.78, 5) is 24.3. The molecule has 5 nitrogen and oxygen atoms in total. The average Bonchev–Trinajstić information content (AvgIpc) is 2.76. The van der Waals surface area contributed by atoms with Crippen molar-refractivity contribution in [2.24, 2.45) is 0 Å². The highest BCUT2D eigenvalue weighted by Crippen LogP contribution is 2.31. The lowest BCUT2D eigenvalue weighted by molar-refractivity contribution is -0.145.